The second-order valence-electron chi connectivity index (χ2n) is 4.42. The van der Waals surface area contributed by atoms with Crippen molar-refractivity contribution in [1.29, 1.82) is 0 Å². The average Bonchev–Trinajstić information content (AvgIpc) is 2.42. The van der Waals surface area contributed by atoms with E-state index in [9.17, 15) is 10.1 Å². The second kappa shape index (κ2) is 5.61. The maximum absolute atomic E-state index is 10.8. The van der Waals surface area contributed by atoms with Crippen molar-refractivity contribution in [2.75, 3.05) is 7.11 Å². The molecule has 0 saturated carbocycles. The fourth-order valence-electron chi connectivity index (χ4n) is 2.01. The molecular weight excluding hydrogens is 258 g/mol. The van der Waals surface area contributed by atoms with Gasteiger partial charge >= 0.3 is 0 Å². The van der Waals surface area contributed by atoms with Crippen LogP contribution in [0.2, 0.25) is 0 Å². The fraction of sp³-hybridized carbons (Fsp3) is 0.200. The van der Waals surface area contributed by atoms with Gasteiger partial charge in [-0.25, -0.2) is 0 Å². The molecule has 5 heteroatoms. The number of hydrogen-bond donors (Lipinski definition) is 0. The Balaban J connectivity index is 2.41. The van der Waals surface area contributed by atoms with Crippen molar-refractivity contribution in [1.82, 2.24) is 0 Å². The van der Waals surface area contributed by atoms with Crippen LogP contribution >= 0.6 is 0 Å². The Morgan fingerprint density at radius 1 is 1.05 bits per heavy atom. The van der Waals surface area contributed by atoms with Crippen LogP contribution in [0.3, 0.4) is 0 Å². The molecule has 0 aliphatic carbocycles. The molecule has 0 atom stereocenters. The number of ether oxygens (including phenoxy) is 2. The summed E-state index contributed by atoms with van der Waals surface area (Å²) < 4.78 is 11.1. The molecule has 0 aliphatic rings. The van der Waals surface area contributed by atoms with E-state index in [4.69, 9.17) is 9.47 Å². The maximum Gasteiger partial charge on any atom is 0.270 e. The van der Waals surface area contributed by atoms with E-state index in [1.807, 2.05) is 12.1 Å². The van der Waals surface area contributed by atoms with Gasteiger partial charge in [0, 0.05) is 12.1 Å². The van der Waals surface area contributed by atoms with Gasteiger partial charge in [-0.3, -0.25) is 10.1 Å². The minimum absolute atomic E-state index is 0.0624. The lowest BCUT2D eigenvalue weighted by Gasteiger charge is -2.14. The molecule has 0 saturated heterocycles. The standard InChI is InChI=1S/C15H15NO4/c1-10-8-12(16(17)18)9-11(2)15(10)20-14-7-5-4-6-13(14)19-3/h4-9H,1-3H3. The highest BCUT2D eigenvalue weighted by Crippen LogP contribution is 2.36. The van der Waals surface area contributed by atoms with Crippen molar-refractivity contribution in [2.24, 2.45) is 0 Å². The van der Waals surface area contributed by atoms with Crippen LogP contribution in [-0.2, 0) is 0 Å². The smallest absolute Gasteiger partial charge is 0.270 e. The van der Waals surface area contributed by atoms with Crippen LogP contribution in [0, 0.1) is 24.0 Å². The molecule has 0 fully saturated rings. The van der Waals surface area contributed by atoms with Gasteiger partial charge in [0.1, 0.15) is 5.75 Å². The van der Waals surface area contributed by atoms with E-state index in [1.165, 1.54) is 12.1 Å². The lowest BCUT2D eigenvalue weighted by Crippen LogP contribution is -1.96. The van der Waals surface area contributed by atoms with Gasteiger partial charge in [0.15, 0.2) is 11.5 Å². The number of rotatable bonds is 4. The molecule has 20 heavy (non-hydrogen) atoms. The SMILES string of the molecule is COc1ccccc1Oc1c(C)cc([N+](=O)[O-])cc1C. The second-order valence-corrected chi connectivity index (χ2v) is 4.42. The lowest BCUT2D eigenvalue weighted by atomic mass is 10.1. The van der Waals surface area contributed by atoms with Gasteiger partial charge < -0.3 is 9.47 Å². The first-order valence-electron chi connectivity index (χ1n) is 6.09. The van der Waals surface area contributed by atoms with Gasteiger partial charge in [0.05, 0.1) is 12.0 Å². The summed E-state index contributed by atoms with van der Waals surface area (Å²) in [6.07, 6.45) is 0. The molecule has 2 rings (SSSR count). The number of aryl methyl sites for hydroxylation is 2. The van der Waals surface area contributed by atoms with Crippen molar-refractivity contribution in [3.8, 4) is 17.2 Å². The van der Waals surface area contributed by atoms with E-state index in [2.05, 4.69) is 0 Å². The number of nitro groups is 1. The molecule has 0 aromatic heterocycles. The van der Waals surface area contributed by atoms with Crippen LogP contribution in [0.25, 0.3) is 0 Å². The normalized spacial score (nSPS) is 10.2. The number of hydrogen-bond acceptors (Lipinski definition) is 4. The third-order valence-electron chi connectivity index (χ3n) is 2.94. The third-order valence-corrected chi connectivity index (χ3v) is 2.94. The number of para-hydroxylation sites is 2. The van der Waals surface area contributed by atoms with Crippen molar-refractivity contribution in [3.63, 3.8) is 0 Å². The molecule has 0 aliphatic heterocycles. The molecule has 0 spiro atoms. The summed E-state index contributed by atoms with van der Waals surface area (Å²) >= 11 is 0. The summed E-state index contributed by atoms with van der Waals surface area (Å²) in [5.41, 5.74) is 1.48. The zero-order valence-corrected chi connectivity index (χ0v) is 11.5. The Kier molecular flexibility index (Phi) is 3.89. The Morgan fingerprint density at radius 2 is 1.60 bits per heavy atom. The van der Waals surface area contributed by atoms with Gasteiger partial charge in [-0.15, -0.1) is 0 Å². The monoisotopic (exact) mass is 273 g/mol. The highest BCUT2D eigenvalue weighted by atomic mass is 16.6. The van der Waals surface area contributed by atoms with Crippen LogP contribution in [0.1, 0.15) is 11.1 Å². The molecule has 0 heterocycles. The number of methoxy groups -OCH3 is 1. The third kappa shape index (κ3) is 2.71. The number of nitro benzene ring substituents is 1. The van der Waals surface area contributed by atoms with Gasteiger partial charge in [0.25, 0.3) is 5.69 Å². The predicted octanol–water partition coefficient (Wildman–Crippen LogP) is 4.01. The van der Waals surface area contributed by atoms with Crippen molar-refractivity contribution in [2.45, 2.75) is 13.8 Å². The van der Waals surface area contributed by atoms with Gasteiger partial charge in [-0.2, -0.15) is 0 Å². The zero-order chi connectivity index (χ0) is 14.7. The quantitative estimate of drug-likeness (QED) is 0.623. The summed E-state index contributed by atoms with van der Waals surface area (Å²) in [4.78, 5) is 10.4. The van der Waals surface area contributed by atoms with Crippen LogP contribution in [0.5, 0.6) is 17.2 Å². The molecule has 0 N–H and O–H groups in total. The average molecular weight is 273 g/mol. The summed E-state index contributed by atoms with van der Waals surface area (Å²) in [5.74, 6) is 1.81. The zero-order valence-electron chi connectivity index (χ0n) is 11.5. The maximum atomic E-state index is 10.8. The first-order chi connectivity index (χ1) is 9.52. The molecule has 5 nitrogen and oxygen atoms in total. The van der Waals surface area contributed by atoms with E-state index in [0.29, 0.717) is 28.4 Å². The van der Waals surface area contributed by atoms with E-state index < -0.39 is 4.92 Å². The lowest BCUT2D eigenvalue weighted by molar-refractivity contribution is -0.385. The van der Waals surface area contributed by atoms with E-state index in [-0.39, 0.29) is 5.69 Å². The van der Waals surface area contributed by atoms with Crippen molar-refractivity contribution < 1.29 is 14.4 Å². The summed E-state index contributed by atoms with van der Waals surface area (Å²) in [5, 5.41) is 10.8. The molecule has 0 unspecified atom stereocenters. The Morgan fingerprint density at radius 3 is 2.10 bits per heavy atom. The molecule has 2 aromatic carbocycles. The minimum Gasteiger partial charge on any atom is -0.493 e. The first-order valence-corrected chi connectivity index (χ1v) is 6.09. The molecule has 2 aromatic rings. The number of non-ortho nitro benzene ring substituents is 1. The van der Waals surface area contributed by atoms with Crippen LogP contribution < -0.4 is 9.47 Å². The van der Waals surface area contributed by atoms with Crippen LogP contribution in [-0.4, -0.2) is 12.0 Å². The van der Waals surface area contributed by atoms with Gasteiger partial charge in [0.2, 0.25) is 0 Å². The van der Waals surface area contributed by atoms with E-state index in [0.717, 1.165) is 0 Å². The van der Waals surface area contributed by atoms with Crippen LogP contribution in [0.15, 0.2) is 36.4 Å². The minimum atomic E-state index is -0.410. The number of benzene rings is 2. The summed E-state index contributed by atoms with van der Waals surface area (Å²) in [6.45, 7) is 3.56. The molecule has 0 amide bonds. The highest BCUT2D eigenvalue weighted by Gasteiger charge is 2.14. The van der Waals surface area contributed by atoms with Gasteiger partial charge in [-0.1, -0.05) is 12.1 Å². The van der Waals surface area contributed by atoms with E-state index in [1.54, 1.807) is 33.1 Å². The molecular formula is C15H15NO4. The highest BCUT2D eigenvalue weighted by molar-refractivity contribution is 5.52. The van der Waals surface area contributed by atoms with Crippen molar-refractivity contribution >= 4 is 5.69 Å². The van der Waals surface area contributed by atoms with Crippen molar-refractivity contribution in [3.05, 3.63) is 57.6 Å². The predicted molar refractivity (Wildman–Crippen MR) is 75.6 cm³/mol. The Bertz CT molecular complexity index is 629. The van der Waals surface area contributed by atoms with Crippen LogP contribution in [0.4, 0.5) is 5.69 Å². The largest absolute Gasteiger partial charge is 0.493 e. The Hall–Kier alpha value is -2.56. The molecule has 104 valence electrons. The Labute approximate surface area is 116 Å². The topological polar surface area (TPSA) is 61.6 Å². The first kappa shape index (κ1) is 13.9. The number of nitrogens with zero attached hydrogens (tertiary/aromatic N) is 1. The molecule has 0 bridgehead atoms. The van der Waals surface area contributed by atoms with E-state index >= 15 is 0 Å². The molecule has 0 radical (unpaired) electrons. The van der Waals surface area contributed by atoms with Gasteiger partial charge in [-0.05, 0) is 37.1 Å². The summed E-state index contributed by atoms with van der Waals surface area (Å²) in [7, 11) is 1.57. The fourth-order valence-corrected chi connectivity index (χ4v) is 2.01. The summed E-state index contributed by atoms with van der Waals surface area (Å²) in [6, 6.07) is 10.3.